The predicted molar refractivity (Wildman–Crippen MR) is 105 cm³/mol. The van der Waals surface area contributed by atoms with E-state index in [1.54, 1.807) is 11.1 Å². The van der Waals surface area contributed by atoms with Crippen molar-refractivity contribution in [1.82, 2.24) is 9.97 Å². The van der Waals surface area contributed by atoms with Crippen LogP contribution in [0.3, 0.4) is 0 Å². The fourth-order valence-corrected chi connectivity index (χ4v) is 3.46. The van der Waals surface area contributed by atoms with Gasteiger partial charge < -0.3 is 10.5 Å². The highest BCUT2D eigenvalue weighted by Crippen LogP contribution is 2.29. The molecule has 0 fully saturated rings. The molecule has 1 aliphatic heterocycles. The van der Waals surface area contributed by atoms with Crippen LogP contribution in [-0.4, -0.2) is 41.2 Å². The molecular weight excluding hydrogens is 348 g/mol. The number of thioether (sulfide) groups is 1. The van der Waals surface area contributed by atoms with E-state index in [1.165, 1.54) is 0 Å². The number of pyridine rings is 2. The van der Waals surface area contributed by atoms with Crippen molar-refractivity contribution in [3.8, 4) is 11.1 Å². The Hall–Kier alpha value is -2.12. The van der Waals surface area contributed by atoms with Crippen molar-refractivity contribution >= 4 is 23.6 Å². The minimum atomic E-state index is -0.450. The summed E-state index contributed by atoms with van der Waals surface area (Å²) in [6.45, 7) is 1.94. The lowest BCUT2D eigenvalue weighted by Gasteiger charge is -2.26. The molecule has 3 rings (SSSR count). The maximum Gasteiger partial charge on any atom is 0.320 e. The minimum absolute atomic E-state index is 0.450. The van der Waals surface area contributed by atoms with Gasteiger partial charge in [-0.1, -0.05) is 0 Å². The number of hydrogen-bond donors (Lipinski definition) is 1. The number of fused-ring (bicyclic) bond motifs is 1. The largest absolute Gasteiger partial charge is 0.377 e. The summed E-state index contributed by atoms with van der Waals surface area (Å²) in [6, 6.07) is 3.71. The molecule has 0 aliphatic carbocycles. The van der Waals surface area contributed by atoms with Crippen molar-refractivity contribution in [1.29, 1.82) is 0 Å². The SMILES string of the molecule is CSCCCOCc1cncc(-c2cnc3c(c2)CCCN3C(N)=O)c1. The fraction of sp³-hybridized carbons (Fsp3) is 0.421. The minimum Gasteiger partial charge on any atom is -0.377 e. The first-order valence-corrected chi connectivity index (χ1v) is 10.2. The van der Waals surface area contributed by atoms with Gasteiger partial charge in [0.1, 0.15) is 5.82 Å². The zero-order valence-electron chi connectivity index (χ0n) is 15.0. The van der Waals surface area contributed by atoms with Crippen LogP contribution in [-0.2, 0) is 17.8 Å². The van der Waals surface area contributed by atoms with Crippen LogP contribution in [0.1, 0.15) is 24.0 Å². The molecule has 7 heteroatoms. The van der Waals surface area contributed by atoms with Crippen LogP contribution in [0, 0.1) is 0 Å². The lowest BCUT2D eigenvalue weighted by atomic mass is 10.0. The number of aromatic nitrogens is 2. The van der Waals surface area contributed by atoms with Gasteiger partial charge in [-0.2, -0.15) is 11.8 Å². The maximum atomic E-state index is 11.6. The summed E-state index contributed by atoms with van der Waals surface area (Å²) in [5.41, 5.74) is 9.54. The molecule has 0 saturated heterocycles. The van der Waals surface area contributed by atoms with Crippen LogP contribution in [0.15, 0.2) is 30.7 Å². The smallest absolute Gasteiger partial charge is 0.320 e. The number of aryl methyl sites for hydroxylation is 1. The zero-order chi connectivity index (χ0) is 18.4. The first kappa shape index (κ1) is 18.7. The van der Waals surface area contributed by atoms with Crippen LogP contribution >= 0.6 is 11.8 Å². The lowest BCUT2D eigenvalue weighted by molar-refractivity contribution is 0.122. The van der Waals surface area contributed by atoms with Crippen molar-refractivity contribution in [2.24, 2.45) is 5.73 Å². The van der Waals surface area contributed by atoms with Gasteiger partial charge in [0.15, 0.2) is 0 Å². The molecular formula is C19H24N4O2S. The average Bonchev–Trinajstić information content (AvgIpc) is 2.67. The molecule has 2 amide bonds. The third kappa shape index (κ3) is 4.53. The summed E-state index contributed by atoms with van der Waals surface area (Å²) in [5, 5.41) is 0. The molecule has 0 spiro atoms. The van der Waals surface area contributed by atoms with Crippen molar-refractivity contribution in [2.75, 3.05) is 30.1 Å². The number of nitrogens with two attached hydrogens (primary N) is 1. The number of rotatable bonds is 7. The standard InChI is InChI=1S/C19H24N4O2S/c1-26-7-3-6-25-13-14-8-16(11-21-10-14)17-9-15-4-2-5-23(19(20)24)18(15)22-12-17/h8-12H,2-7,13H2,1H3,(H2,20,24). The second-order valence-electron chi connectivity index (χ2n) is 6.28. The number of carbonyl (C=O) groups is 1. The molecule has 2 aromatic heterocycles. The molecule has 0 saturated carbocycles. The predicted octanol–water partition coefficient (Wildman–Crippen LogP) is 3.24. The maximum absolute atomic E-state index is 11.6. The van der Waals surface area contributed by atoms with Crippen LogP contribution in [0.2, 0.25) is 0 Å². The van der Waals surface area contributed by atoms with E-state index < -0.39 is 6.03 Å². The normalized spacial score (nSPS) is 13.5. The Labute approximate surface area is 158 Å². The first-order valence-electron chi connectivity index (χ1n) is 8.76. The summed E-state index contributed by atoms with van der Waals surface area (Å²) in [7, 11) is 0. The second-order valence-corrected chi connectivity index (χ2v) is 7.27. The topological polar surface area (TPSA) is 81.3 Å². The summed E-state index contributed by atoms with van der Waals surface area (Å²) in [4.78, 5) is 21.9. The average molecular weight is 372 g/mol. The third-order valence-corrected chi connectivity index (χ3v) is 5.02. The number of carbonyl (C=O) groups excluding carboxylic acids is 1. The molecule has 0 unspecified atom stereocenters. The highest BCUT2D eigenvalue weighted by molar-refractivity contribution is 7.98. The van der Waals surface area contributed by atoms with Gasteiger partial charge in [-0.05, 0) is 54.5 Å². The van der Waals surface area contributed by atoms with Gasteiger partial charge in [0.2, 0.25) is 0 Å². The number of hydrogen-bond acceptors (Lipinski definition) is 5. The van der Waals surface area contributed by atoms with Crippen molar-refractivity contribution < 1.29 is 9.53 Å². The summed E-state index contributed by atoms with van der Waals surface area (Å²) in [5.74, 6) is 1.79. The van der Waals surface area contributed by atoms with Crippen molar-refractivity contribution in [3.63, 3.8) is 0 Å². The Morgan fingerprint density at radius 2 is 2.15 bits per heavy atom. The van der Waals surface area contributed by atoms with E-state index in [9.17, 15) is 4.79 Å². The second kappa shape index (κ2) is 9.00. The Bertz CT molecular complexity index is 769. The summed E-state index contributed by atoms with van der Waals surface area (Å²) < 4.78 is 5.72. The number of ether oxygens (including phenoxy) is 1. The molecule has 2 N–H and O–H groups in total. The number of anilines is 1. The molecule has 2 aromatic rings. The number of urea groups is 1. The van der Waals surface area contributed by atoms with E-state index in [0.717, 1.165) is 53.9 Å². The monoisotopic (exact) mass is 372 g/mol. The van der Waals surface area contributed by atoms with E-state index in [2.05, 4.69) is 28.4 Å². The molecule has 3 heterocycles. The molecule has 1 aliphatic rings. The van der Waals surface area contributed by atoms with Crippen molar-refractivity contribution in [2.45, 2.75) is 25.9 Å². The fourth-order valence-electron chi connectivity index (χ4n) is 3.06. The van der Waals surface area contributed by atoms with Crippen LogP contribution < -0.4 is 10.6 Å². The van der Waals surface area contributed by atoms with Crippen LogP contribution in [0.5, 0.6) is 0 Å². The van der Waals surface area contributed by atoms with Gasteiger partial charge in [-0.25, -0.2) is 9.78 Å². The number of nitrogens with zero attached hydrogens (tertiary/aromatic N) is 3. The molecule has 26 heavy (non-hydrogen) atoms. The van der Waals surface area contributed by atoms with Gasteiger partial charge >= 0.3 is 6.03 Å². The highest BCUT2D eigenvalue weighted by Gasteiger charge is 2.22. The van der Waals surface area contributed by atoms with E-state index >= 15 is 0 Å². The Kier molecular flexibility index (Phi) is 6.46. The van der Waals surface area contributed by atoms with Gasteiger partial charge in [-0.15, -0.1) is 0 Å². The Morgan fingerprint density at radius 1 is 1.31 bits per heavy atom. The molecule has 6 nitrogen and oxygen atoms in total. The van der Waals surface area contributed by atoms with E-state index in [0.29, 0.717) is 19.0 Å². The third-order valence-electron chi connectivity index (χ3n) is 4.33. The van der Waals surface area contributed by atoms with Gasteiger partial charge in [0.25, 0.3) is 0 Å². The summed E-state index contributed by atoms with van der Waals surface area (Å²) >= 11 is 1.83. The summed E-state index contributed by atoms with van der Waals surface area (Å²) in [6.07, 6.45) is 10.4. The molecule has 0 atom stereocenters. The van der Waals surface area contributed by atoms with E-state index in [1.807, 2.05) is 24.2 Å². The van der Waals surface area contributed by atoms with E-state index in [-0.39, 0.29) is 0 Å². The Balaban J connectivity index is 1.73. The van der Waals surface area contributed by atoms with Crippen molar-refractivity contribution in [3.05, 3.63) is 41.9 Å². The van der Waals surface area contributed by atoms with E-state index in [4.69, 9.17) is 10.5 Å². The van der Waals surface area contributed by atoms with Crippen LogP contribution in [0.4, 0.5) is 10.6 Å². The quantitative estimate of drug-likeness (QED) is 0.755. The first-order chi connectivity index (χ1) is 12.7. The zero-order valence-corrected chi connectivity index (χ0v) is 15.8. The number of amides is 2. The lowest BCUT2D eigenvalue weighted by Crippen LogP contribution is -2.40. The van der Waals surface area contributed by atoms with Gasteiger partial charge in [0.05, 0.1) is 6.61 Å². The molecule has 0 radical (unpaired) electrons. The highest BCUT2D eigenvalue weighted by atomic mass is 32.2. The number of primary amides is 1. The van der Waals surface area contributed by atoms with Crippen LogP contribution in [0.25, 0.3) is 11.1 Å². The Morgan fingerprint density at radius 3 is 2.96 bits per heavy atom. The molecule has 138 valence electrons. The van der Waals surface area contributed by atoms with Gasteiger partial charge in [-0.3, -0.25) is 9.88 Å². The molecule has 0 aromatic carbocycles. The molecule has 0 bridgehead atoms. The van der Waals surface area contributed by atoms with Gasteiger partial charge in [0, 0.05) is 42.9 Å².